The molecule has 4 heteroatoms. The third-order valence-corrected chi connectivity index (χ3v) is 3.75. The number of Topliss-reactive ketones (excluding diaryl/α,β-unsaturated/α-hetero) is 1. The Morgan fingerprint density at radius 1 is 0.913 bits per heavy atom. The lowest BCUT2D eigenvalue weighted by Gasteiger charge is -2.06. The first kappa shape index (κ1) is 14.9. The van der Waals surface area contributed by atoms with Gasteiger partial charge in [0.2, 0.25) is 5.78 Å². The molecule has 23 heavy (non-hydrogen) atoms. The Labute approximate surface area is 134 Å². The molecule has 4 nitrogen and oxygen atoms in total. The molecule has 3 rings (SSSR count). The molecule has 0 saturated heterocycles. The SMILES string of the molecule is Cn1c(C(=O)Cc2ccccc2)ccc1C(=O)c1ccccn1. The van der Waals surface area contributed by atoms with Crippen LogP contribution in [-0.4, -0.2) is 21.1 Å². The first-order valence-electron chi connectivity index (χ1n) is 7.35. The van der Waals surface area contributed by atoms with Gasteiger partial charge in [0.25, 0.3) is 0 Å². The molecule has 0 bridgehead atoms. The van der Waals surface area contributed by atoms with Crippen LogP contribution in [0.15, 0.2) is 66.9 Å². The van der Waals surface area contributed by atoms with E-state index in [0.29, 0.717) is 23.5 Å². The number of nitrogens with zero attached hydrogens (tertiary/aromatic N) is 2. The summed E-state index contributed by atoms with van der Waals surface area (Å²) in [6.07, 6.45) is 1.90. The summed E-state index contributed by atoms with van der Waals surface area (Å²) in [7, 11) is 1.73. The standard InChI is InChI=1S/C19H16N2O2/c1-21-16(18(22)13-14-7-3-2-4-8-14)10-11-17(21)19(23)15-9-5-6-12-20-15/h2-12H,13H2,1H3. The van der Waals surface area contributed by atoms with Gasteiger partial charge < -0.3 is 4.57 Å². The Kier molecular flexibility index (Phi) is 4.15. The van der Waals surface area contributed by atoms with Crippen LogP contribution in [0, 0.1) is 0 Å². The maximum atomic E-state index is 12.5. The summed E-state index contributed by atoms with van der Waals surface area (Å²) >= 11 is 0. The van der Waals surface area contributed by atoms with Crippen molar-refractivity contribution in [1.29, 1.82) is 0 Å². The van der Waals surface area contributed by atoms with Crippen LogP contribution in [0.4, 0.5) is 0 Å². The molecule has 0 saturated carbocycles. The number of hydrogen-bond donors (Lipinski definition) is 0. The van der Waals surface area contributed by atoms with Gasteiger partial charge in [-0.05, 0) is 29.8 Å². The molecule has 0 amide bonds. The number of benzene rings is 1. The van der Waals surface area contributed by atoms with E-state index in [1.54, 1.807) is 48.1 Å². The van der Waals surface area contributed by atoms with Gasteiger partial charge in [0.05, 0.1) is 11.4 Å². The normalized spacial score (nSPS) is 10.5. The number of pyridine rings is 1. The van der Waals surface area contributed by atoms with E-state index in [2.05, 4.69) is 4.98 Å². The van der Waals surface area contributed by atoms with E-state index in [0.717, 1.165) is 5.56 Å². The van der Waals surface area contributed by atoms with Crippen LogP contribution in [0.5, 0.6) is 0 Å². The second-order valence-corrected chi connectivity index (χ2v) is 5.29. The lowest BCUT2D eigenvalue weighted by Crippen LogP contribution is -2.14. The summed E-state index contributed by atoms with van der Waals surface area (Å²) in [5.41, 5.74) is 2.31. The van der Waals surface area contributed by atoms with Gasteiger partial charge in [-0.1, -0.05) is 36.4 Å². The van der Waals surface area contributed by atoms with E-state index in [4.69, 9.17) is 0 Å². The molecule has 2 aromatic heterocycles. The van der Waals surface area contributed by atoms with Gasteiger partial charge in [0, 0.05) is 19.7 Å². The predicted molar refractivity (Wildman–Crippen MR) is 87.6 cm³/mol. The van der Waals surface area contributed by atoms with Crippen molar-refractivity contribution in [2.45, 2.75) is 6.42 Å². The number of rotatable bonds is 5. The van der Waals surface area contributed by atoms with Crippen LogP contribution in [0.1, 0.15) is 32.2 Å². The quantitative estimate of drug-likeness (QED) is 0.681. The predicted octanol–water partition coefficient (Wildman–Crippen LogP) is 3.08. The van der Waals surface area contributed by atoms with Crippen molar-refractivity contribution in [1.82, 2.24) is 9.55 Å². The summed E-state index contributed by atoms with van der Waals surface area (Å²) in [5, 5.41) is 0. The monoisotopic (exact) mass is 304 g/mol. The molecule has 0 aliphatic rings. The van der Waals surface area contributed by atoms with Crippen LogP contribution in [0.3, 0.4) is 0 Å². The molecule has 0 unspecified atom stereocenters. The Morgan fingerprint density at radius 2 is 1.61 bits per heavy atom. The Bertz CT molecular complexity index is 836. The van der Waals surface area contributed by atoms with E-state index in [-0.39, 0.29) is 11.6 Å². The highest BCUT2D eigenvalue weighted by molar-refractivity contribution is 6.08. The van der Waals surface area contributed by atoms with Crippen LogP contribution in [0.2, 0.25) is 0 Å². The molecule has 0 aliphatic heterocycles. The molecule has 1 aromatic carbocycles. The van der Waals surface area contributed by atoms with Crippen molar-refractivity contribution >= 4 is 11.6 Å². The second kappa shape index (κ2) is 6.40. The maximum absolute atomic E-state index is 12.5. The van der Waals surface area contributed by atoms with Crippen molar-refractivity contribution in [2.75, 3.05) is 0 Å². The largest absolute Gasteiger partial charge is 0.338 e. The highest BCUT2D eigenvalue weighted by atomic mass is 16.1. The van der Waals surface area contributed by atoms with E-state index < -0.39 is 0 Å². The van der Waals surface area contributed by atoms with Crippen LogP contribution in [0.25, 0.3) is 0 Å². The fourth-order valence-corrected chi connectivity index (χ4v) is 2.52. The number of hydrogen-bond acceptors (Lipinski definition) is 3. The Hall–Kier alpha value is -3.01. The molecule has 0 aliphatic carbocycles. The summed E-state index contributed by atoms with van der Waals surface area (Å²) in [5.74, 6) is -0.203. The third kappa shape index (κ3) is 3.11. The van der Waals surface area contributed by atoms with Crippen LogP contribution in [-0.2, 0) is 13.5 Å². The van der Waals surface area contributed by atoms with Gasteiger partial charge in [0.1, 0.15) is 5.69 Å². The zero-order valence-corrected chi connectivity index (χ0v) is 12.8. The molecule has 0 atom stereocenters. The maximum Gasteiger partial charge on any atom is 0.227 e. The summed E-state index contributed by atoms with van der Waals surface area (Å²) in [6, 6.07) is 18.1. The highest BCUT2D eigenvalue weighted by Crippen LogP contribution is 2.14. The minimum Gasteiger partial charge on any atom is -0.338 e. The van der Waals surface area contributed by atoms with Gasteiger partial charge in [0.15, 0.2) is 5.78 Å². The summed E-state index contributed by atoms with van der Waals surface area (Å²) < 4.78 is 1.64. The topological polar surface area (TPSA) is 52.0 Å². The van der Waals surface area contributed by atoms with Crippen molar-refractivity contribution in [3.05, 3.63) is 89.5 Å². The zero-order valence-electron chi connectivity index (χ0n) is 12.8. The second-order valence-electron chi connectivity index (χ2n) is 5.29. The molecular weight excluding hydrogens is 288 g/mol. The minimum atomic E-state index is -0.188. The van der Waals surface area contributed by atoms with Gasteiger partial charge in [-0.25, -0.2) is 0 Å². The first-order chi connectivity index (χ1) is 11.2. The fraction of sp³-hybridized carbons (Fsp3) is 0.105. The first-order valence-corrected chi connectivity index (χ1v) is 7.35. The van der Waals surface area contributed by atoms with Crippen molar-refractivity contribution in [2.24, 2.45) is 7.05 Å². The molecule has 0 N–H and O–H groups in total. The molecule has 0 spiro atoms. The summed E-state index contributed by atoms with van der Waals surface area (Å²) in [6.45, 7) is 0. The van der Waals surface area contributed by atoms with Gasteiger partial charge >= 0.3 is 0 Å². The lowest BCUT2D eigenvalue weighted by atomic mass is 10.1. The lowest BCUT2D eigenvalue weighted by molar-refractivity contribution is 0.0984. The van der Waals surface area contributed by atoms with E-state index in [1.165, 1.54) is 0 Å². The minimum absolute atomic E-state index is 0.0150. The average molecular weight is 304 g/mol. The fourth-order valence-electron chi connectivity index (χ4n) is 2.52. The number of ketones is 2. The van der Waals surface area contributed by atoms with Crippen molar-refractivity contribution in [3.8, 4) is 0 Å². The highest BCUT2D eigenvalue weighted by Gasteiger charge is 2.18. The molecular formula is C19H16N2O2. The summed E-state index contributed by atoms with van der Waals surface area (Å²) in [4.78, 5) is 29.0. The van der Waals surface area contributed by atoms with Crippen LogP contribution >= 0.6 is 0 Å². The van der Waals surface area contributed by atoms with E-state index in [9.17, 15) is 9.59 Å². The van der Waals surface area contributed by atoms with Gasteiger partial charge in [-0.2, -0.15) is 0 Å². The molecule has 114 valence electrons. The molecule has 0 fully saturated rings. The van der Waals surface area contributed by atoms with E-state index in [1.807, 2.05) is 30.3 Å². The molecule has 3 aromatic rings. The third-order valence-electron chi connectivity index (χ3n) is 3.75. The van der Waals surface area contributed by atoms with Gasteiger partial charge in [-0.3, -0.25) is 14.6 Å². The van der Waals surface area contributed by atoms with Gasteiger partial charge in [-0.15, -0.1) is 0 Å². The molecule has 2 heterocycles. The number of aromatic nitrogens is 2. The smallest absolute Gasteiger partial charge is 0.227 e. The van der Waals surface area contributed by atoms with Crippen molar-refractivity contribution in [3.63, 3.8) is 0 Å². The zero-order chi connectivity index (χ0) is 16.2. The molecule has 0 radical (unpaired) electrons. The van der Waals surface area contributed by atoms with Crippen molar-refractivity contribution < 1.29 is 9.59 Å². The van der Waals surface area contributed by atoms with Crippen LogP contribution < -0.4 is 0 Å². The van der Waals surface area contributed by atoms with E-state index >= 15 is 0 Å². The average Bonchev–Trinajstić information content (AvgIpc) is 2.97. The number of carbonyl (C=O) groups excluding carboxylic acids is 2. The Morgan fingerprint density at radius 3 is 2.30 bits per heavy atom. The Balaban J connectivity index is 1.85. The number of carbonyl (C=O) groups is 2.